The number of nitrogens with one attached hydrogen (secondary N) is 2. The number of carbonyl (C=O) groups is 1. The van der Waals surface area contributed by atoms with Crippen LogP contribution in [0.3, 0.4) is 0 Å². The fraction of sp³-hybridized carbons (Fsp3) is 0.889. The molecule has 13 heavy (non-hydrogen) atoms. The fourth-order valence-corrected chi connectivity index (χ4v) is 1.57. The molecule has 0 aromatic carbocycles. The molecule has 0 aliphatic heterocycles. The summed E-state index contributed by atoms with van der Waals surface area (Å²) < 4.78 is 0. The topological polar surface area (TPSA) is 61.4 Å². The highest BCUT2D eigenvalue weighted by Crippen LogP contribution is 2.17. The number of carbonyl (C=O) groups excluding carboxylic acids is 1. The van der Waals surface area contributed by atoms with Gasteiger partial charge in [0.05, 0.1) is 12.6 Å². The van der Waals surface area contributed by atoms with Crippen LogP contribution in [0, 0.1) is 0 Å². The van der Waals surface area contributed by atoms with E-state index in [1.54, 1.807) is 6.92 Å². The summed E-state index contributed by atoms with van der Waals surface area (Å²) in [6, 6.07) is 0.0146. The van der Waals surface area contributed by atoms with E-state index < -0.39 is 0 Å². The van der Waals surface area contributed by atoms with E-state index in [0.717, 1.165) is 12.8 Å². The minimum Gasteiger partial charge on any atom is -0.394 e. The molecule has 1 atom stereocenters. The Bertz CT molecular complexity index is 167. The molecule has 0 bridgehead atoms. The molecule has 0 saturated heterocycles. The summed E-state index contributed by atoms with van der Waals surface area (Å²) in [7, 11) is 0. The highest BCUT2D eigenvalue weighted by atomic mass is 16.3. The Hall–Kier alpha value is -0.770. The predicted octanol–water partition coefficient (Wildman–Crippen LogP) is 0.609. The second-order valence-electron chi connectivity index (χ2n) is 3.68. The highest BCUT2D eigenvalue weighted by molar-refractivity contribution is 5.74. The number of aliphatic hydroxyl groups excluding tert-OH is 1. The van der Waals surface area contributed by atoms with Crippen LogP contribution >= 0.6 is 0 Å². The third kappa shape index (κ3) is 3.63. The van der Waals surface area contributed by atoms with Gasteiger partial charge in [-0.1, -0.05) is 12.8 Å². The lowest BCUT2D eigenvalue weighted by molar-refractivity contribution is 0.217. The maximum absolute atomic E-state index is 11.2. The summed E-state index contributed by atoms with van der Waals surface area (Å²) in [5.74, 6) is 0. The van der Waals surface area contributed by atoms with Crippen molar-refractivity contribution in [2.75, 3.05) is 6.61 Å². The van der Waals surface area contributed by atoms with Crippen molar-refractivity contribution in [1.82, 2.24) is 10.6 Å². The molecule has 0 radical (unpaired) electrons. The van der Waals surface area contributed by atoms with Crippen molar-refractivity contribution in [3.8, 4) is 0 Å². The van der Waals surface area contributed by atoms with Gasteiger partial charge < -0.3 is 15.7 Å². The molecular weight excluding hydrogens is 168 g/mol. The molecule has 1 aliphatic rings. The van der Waals surface area contributed by atoms with E-state index in [0.29, 0.717) is 6.04 Å². The Kier molecular flexibility index (Phi) is 4.02. The standard InChI is InChI=1S/C9H18N2O2/c1-7(6-12)10-9(13)11-8-4-2-3-5-8/h7-8,12H,2-6H2,1H3,(H2,10,11,13). The molecule has 0 aromatic heterocycles. The molecule has 3 N–H and O–H groups in total. The molecule has 1 saturated carbocycles. The van der Waals surface area contributed by atoms with Gasteiger partial charge in [-0.2, -0.15) is 0 Å². The molecule has 76 valence electrons. The largest absolute Gasteiger partial charge is 0.394 e. The second kappa shape index (κ2) is 5.07. The van der Waals surface area contributed by atoms with Crippen molar-refractivity contribution in [2.24, 2.45) is 0 Å². The molecule has 1 aliphatic carbocycles. The molecule has 1 unspecified atom stereocenters. The molecule has 4 nitrogen and oxygen atoms in total. The average Bonchev–Trinajstić information content (AvgIpc) is 2.56. The third-order valence-electron chi connectivity index (χ3n) is 2.34. The fourth-order valence-electron chi connectivity index (χ4n) is 1.57. The Balaban J connectivity index is 2.16. The van der Waals surface area contributed by atoms with Gasteiger partial charge in [0, 0.05) is 6.04 Å². The SMILES string of the molecule is CC(CO)NC(=O)NC1CCCC1. The van der Waals surface area contributed by atoms with Gasteiger partial charge in [0.15, 0.2) is 0 Å². The summed E-state index contributed by atoms with van der Waals surface area (Å²) in [6.07, 6.45) is 4.59. The number of hydrogen-bond acceptors (Lipinski definition) is 2. The molecule has 4 heteroatoms. The highest BCUT2D eigenvalue weighted by Gasteiger charge is 2.17. The van der Waals surface area contributed by atoms with E-state index in [2.05, 4.69) is 10.6 Å². The Labute approximate surface area is 78.7 Å². The first-order chi connectivity index (χ1) is 6.22. The quantitative estimate of drug-likeness (QED) is 0.604. The molecule has 1 fully saturated rings. The van der Waals surface area contributed by atoms with Gasteiger partial charge in [-0.3, -0.25) is 0 Å². The van der Waals surface area contributed by atoms with Gasteiger partial charge in [0.1, 0.15) is 0 Å². The molecule has 0 heterocycles. The zero-order valence-electron chi connectivity index (χ0n) is 8.05. The lowest BCUT2D eigenvalue weighted by Gasteiger charge is -2.15. The lowest BCUT2D eigenvalue weighted by Crippen LogP contribution is -2.45. The Morgan fingerprint density at radius 1 is 1.54 bits per heavy atom. The van der Waals surface area contributed by atoms with E-state index >= 15 is 0 Å². The number of hydrogen-bond donors (Lipinski definition) is 3. The van der Waals surface area contributed by atoms with Crippen LogP contribution in [0.4, 0.5) is 4.79 Å². The van der Waals surface area contributed by atoms with Crippen LogP contribution in [-0.2, 0) is 0 Å². The Morgan fingerprint density at radius 3 is 2.69 bits per heavy atom. The predicted molar refractivity (Wildman–Crippen MR) is 50.5 cm³/mol. The van der Waals surface area contributed by atoms with Crippen molar-refractivity contribution in [2.45, 2.75) is 44.7 Å². The Morgan fingerprint density at radius 2 is 2.15 bits per heavy atom. The van der Waals surface area contributed by atoms with E-state index in [9.17, 15) is 4.79 Å². The maximum Gasteiger partial charge on any atom is 0.315 e. The normalized spacial score (nSPS) is 19.8. The van der Waals surface area contributed by atoms with E-state index in [-0.39, 0.29) is 18.7 Å². The molecule has 1 rings (SSSR count). The zero-order valence-corrected chi connectivity index (χ0v) is 8.05. The van der Waals surface area contributed by atoms with Crippen molar-refractivity contribution in [3.05, 3.63) is 0 Å². The van der Waals surface area contributed by atoms with Gasteiger partial charge in [-0.25, -0.2) is 4.79 Å². The van der Waals surface area contributed by atoms with Gasteiger partial charge in [0.2, 0.25) is 0 Å². The van der Waals surface area contributed by atoms with E-state index in [4.69, 9.17) is 5.11 Å². The average molecular weight is 186 g/mol. The third-order valence-corrected chi connectivity index (χ3v) is 2.34. The van der Waals surface area contributed by atoms with Crippen LogP contribution in [0.2, 0.25) is 0 Å². The van der Waals surface area contributed by atoms with Crippen LogP contribution in [0.25, 0.3) is 0 Å². The minimum absolute atomic E-state index is 0.0158. The summed E-state index contributed by atoms with van der Waals surface area (Å²) in [6.45, 7) is 1.76. The van der Waals surface area contributed by atoms with Gasteiger partial charge in [-0.15, -0.1) is 0 Å². The minimum atomic E-state index is -0.165. The second-order valence-corrected chi connectivity index (χ2v) is 3.68. The van der Waals surface area contributed by atoms with Crippen LogP contribution < -0.4 is 10.6 Å². The summed E-state index contributed by atoms with van der Waals surface area (Å²) >= 11 is 0. The molecule has 0 spiro atoms. The number of urea groups is 1. The van der Waals surface area contributed by atoms with Gasteiger partial charge >= 0.3 is 6.03 Å². The van der Waals surface area contributed by atoms with Crippen LogP contribution in [-0.4, -0.2) is 29.8 Å². The smallest absolute Gasteiger partial charge is 0.315 e. The zero-order chi connectivity index (χ0) is 9.68. The first kappa shape index (κ1) is 10.3. The van der Waals surface area contributed by atoms with Gasteiger partial charge in [-0.05, 0) is 19.8 Å². The van der Waals surface area contributed by atoms with Gasteiger partial charge in [0.25, 0.3) is 0 Å². The monoisotopic (exact) mass is 186 g/mol. The first-order valence-corrected chi connectivity index (χ1v) is 4.90. The van der Waals surface area contributed by atoms with E-state index in [1.807, 2.05) is 0 Å². The molecule has 0 aromatic rings. The van der Waals surface area contributed by atoms with Crippen molar-refractivity contribution in [3.63, 3.8) is 0 Å². The number of amides is 2. The van der Waals surface area contributed by atoms with Crippen molar-refractivity contribution >= 4 is 6.03 Å². The van der Waals surface area contributed by atoms with Crippen LogP contribution in [0.5, 0.6) is 0 Å². The molecule has 2 amide bonds. The number of aliphatic hydroxyl groups is 1. The van der Waals surface area contributed by atoms with E-state index in [1.165, 1.54) is 12.8 Å². The van der Waals surface area contributed by atoms with Crippen LogP contribution in [0.15, 0.2) is 0 Å². The summed E-state index contributed by atoms with van der Waals surface area (Å²) in [5.41, 5.74) is 0. The maximum atomic E-state index is 11.2. The summed E-state index contributed by atoms with van der Waals surface area (Å²) in [5, 5.41) is 14.2. The number of rotatable bonds is 3. The van der Waals surface area contributed by atoms with Crippen molar-refractivity contribution < 1.29 is 9.90 Å². The summed E-state index contributed by atoms with van der Waals surface area (Å²) in [4.78, 5) is 11.2. The molecular formula is C9H18N2O2. The van der Waals surface area contributed by atoms with Crippen LogP contribution in [0.1, 0.15) is 32.6 Å². The lowest BCUT2D eigenvalue weighted by atomic mass is 10.2. The first-order valence-electron chi connectivity index (χ1n) is 4.90. The van der Waals surface area contributed by atoms with Crippen molar-refractivity contribution in [1.29, 1.82) is 0 Å².